The van der Waals surface area contributed by atoms with E-state index >= 15 is 0 Å². The van der Waals surface area contributed by atoms with Gasteiger partial charge in [-0.1, -0.05) is 12.1 Å². The number of hydrogen-bond acceptors (Lipinski definition) is 1. The second-order valence-electron chi connectivity index (χ2n) is 3.17. The molecule has 1 N–H and O–H groups in total. The number of alkyl halides is 2. The SMILES string of the molecule is O=C(O)c1ccc(CCF)cc1CCF. The summed E-state index contributed by atoms with van der Waals surface area (Å²) in [5.74, 6) is -1.08. The van der Waals surface area contributed by atoms with E-state index in [1.807, 2.05) is 0 Å². The average Bonchev–Trinajstić information content (AvgIpc) is 2.18. The van der Waals surface area contributed by atoms with Gasteiger partial charge < -0.3 is 5.11 Å². The Morgan fingerprint density at radius 2 is 1.87 bits per heavy atom. The van der Waals surface area contributed by atoms with E-state index in [1.165, 1.54) is 6.07 Å². The number of rotatable bonds is 5. The molecule has 0 bridgehead atoms. The third kappa shape index (κ3) is 3.01. The van der Waals surface area contributed by atoms with E-state index in [0.717, 1.165) is 0 Å². The third-order valence-electron chi connectivity index (χ3n) is 2.15. The van der Waals surface area contributed by atoms with Gasteiger partial charge in [0.15, 0.2) is 0 Å². The van der Waals surface area contributed by atoms with Crippen LogP contribution in [0.1, 0.15) is 21.5 Å². The van der Waals surface area contributed by atoms with Crippen LogP contribution in [0.25, 0.3) is 0 Å². The number of halogens is 2. The Labute approximate surface area is 86.5 Å². The van der Waals surface area contributed by atoms with Crippen molar-refractivity contribution in [3.8, 4) is 0 Å². The van der Waals surface area contributed by atoms with E-state index in [2.05, 4.69) is 0 Å². The minimum absolute atomic E-state index is 0.0573. The molecular formula is C11H12F2O2. The molecule has 0 spiro atoms. The first-order valence-electron chi connectivity index (χ1n) is 4.66. The number of benzene rings is 1. The summed E-state index contributed by atoms with van der Waals surface area (Å²) in [7, 11) is 0. The first kappa shape index (κ1) is 11.6. The highest BCUT2D eigenvalue weighted by Gasteiger charge is 2.10. The molecule has 0 unspecified atom stereocenters. The Hall–Kier alpha value is -1.45. The molecule has 82 valence electrons. The van der Waals surface area contributed by atoms with Crippen molar-refractivity contribution in [2.75, 3.05) is 13.3 Å². The number of hydrogen-bond donors (Lipinski definition) is 1. The molecule has 0 fully saturated rings. The highest BCUT2D eigenvalue weighted by atomic mass is 19.1. The molecule has 0 aliphatic heterocycles. The van der Waals surface area contributed by atoms with Crippen LogP contribution in [0.3, 0.4) is 0 Å². The van der Waals surface area contributed by atoms with Crippen molar-refractivity contribution in [1.82, 2.24) is 0 Å². The van der Waals surface area contributed by atoms with Gasteiger partial charge in [-0.3, -0.25) is 8.78 Å². The van der Waals surface area contributed by atoms with E-state index in [9.17, 15) is 13.6 Å². The Morgan fingerprint density at radius 3 is 2.40 bits per heavy atom. The topological polar surface area (TPSA) is 37.3 Å². The predicted octanol–water partition coefficient (Wildman–Crippen LogP) is 2.41. The minimum Gasteiger partial charge on any atom is -0.478 e. The van der Waals surface area contributed by atoms with Crippen molar-refractivity contribution in [2.45, 2.75) is 12.8 Å². The summed E-state index contributed by atoms with van der Waals surface area (Å²) in [4.78, 5) is 10.8. The van der Waals surface area contributed by atoms with Gasteiger partial charge >= 0.3 is 5.97 Å². The number of aryl methyl sites for hydroxylation is 2. The quantitative estimate of drug-likeness (QED) is 0.817. The van der Waals surface area contributed by atoms with E-state index in [-0.39, 0.29) is 18.4 Å². The standard InChI is InChI=1S/C11H12F2O2/c12-5-3-8-1-2-10(11(14)15)9(7-8)4-6-13/h1-2,7H,3-6H2,(H,14,15). The average molecular weight is 214 g/mol. The summed E-state index contributed by atoms with van der Waals surface area (Å²) < 4.78 is 24.2. The molecular weight excluding hydrogens is 202 g/mol. The van der Waals surface area contributed by atoms with Gasteiger partial charge in [0.2, 0.25) is 0 Å². The molecule has 0 radical (unpaired) electrons. The summed E-state index contributed by atoms with van der Waals surface area (Å²) in [6, 6.07) is 4.52. The van der Waals surface area contributed by atoms with E-state index in [1.54, 1.807) is 12.1 Å². The Bertz CT molecular complexity index is 350. The Morgan fingerprint density at radius 1 is 1.20 bits per heavy atom. The van der Waals surface area contributed by atoms with Gasteiger partial charge in [0.25, 0.3) is 0 Å². The molecule has 0 heterocycles. The van der Waals surface area contributed by atoms with E-state index in [0.29, 0.717) is 11.1 Å². The monoisotopic (exact) mass is 214 g/mol. The summed E-state index contributed by atoms with van der Waals surface area (Å²) in [6.07, 6.45) is 0.293. The maximum Gasteiger partial charge on any atom is 0.335 e. The predicted molar refractivity (Wildman–Crippen MR) is 52.8 cm³/mol. The van der Waals surface area contributed by atoms with Gasteiger partial charge in [-0.25, -0.2) is 4.79 Å². The summed E-state index contributed by atoms with van der Waals surface area (Å²) in [5.41, 5.74) is 1.22. The molecule has 1 rings (SSSR count). The first-order valence-corrected chi connectivity index (χ1v) is 4.66. The highest BCUT2D eigenvalue weighted by molar-refractivity contribution is 5.89. The summed E-state index contributed by atoms with van der Waals surface area (Å²) in [5, 5.41) is 8.82. The molecule has 0 aromatic heterocycles. The molecule has 1 aromatic rings. The fraction of sp³-hybridized carbons (Fsp3) is 0.364. The molecule has 0 saturated heterocycles. The lowest BCUT2D eigenvalue weighted by Crippen LogP contribution is -2.04. The summed E-state index contributed by atoms with van der Waals surface area (Å²) >= 11 is 0. The Kier molecular flexibility index (Phi) is 4.21. The fourth-order valence-corrected chi connectivity index (χ4v) is 1.43. The van der Waals surface area contributed by atoms with Crippen LogP contribution in [-0.2, 0) is 12.8 Å². The van der Waals surface area contributed by atoms with Gasteiger partial charge in [-0.2, -0.15) is 0 Å². The van der Waals surface area contributed by atoms with Crippen molar-refractivity contribution >= 4 is 5.97 Å². The van der Waals surface area contributed by atoms with Gasteiger partial charge in [-0.15, -0.1) is 0 Å². The lowest BCUT2D eigenvalue weighted by atomic mass is 10.0. The van der Waals surface area contributed by atoms with Crippen LogP contribution in [-0.4, -0.2) is 24.4 Å². The summed E-state index contributed by atoms with van der Waals surface area (Å²) in [6.45, 7) is -1.11. The maximum atomic E-state index is 12.2. The van der Waals surface area contributed by atoms with Gasteiger partial charge in [0, 0.05) is 12.8 Å². The maximum absolute atomic E-state index is 12.2. The molecule has 1 aromatic carbocycles. The van der Waals surface area contributed by atoms with Gasteiger partial charge in [0.1, 0.15) is 0 Å². The molecule has 15 heavy (non-hydrogen) atoms. The fourth-order valence-electron chi connectivity index (χ4n) is 1.43. The van der Waals surface area contributed by atoms with Crippen molar-refractivity contribution < 1.29 is 18.7 Å². The molecule has 0 atom stereocenters. The van der Waals surface area contributed by atoms with Crippen molar-refractivity contribution in [2.24, 2.45) is 0 Å². The number of aromatic carboxylic acids is 1. The largest absolute Gasteiger partial charge is 0.478 e. The number of carboxylic acids is 1. The zero-order chi connectivity index (χ0) is 11.3. The zero-order valence-electron chi connectivity index (χ0n) is 8.17. The van der Waals surface area contributed by atoms with Gasteiger partial charge in [-0.05, 0) is 17.2 Å². The smallest absolute Gasteiger partial charge is 0.335 e. The second kappa shape index (κ2) is 5.44. The molecule has 0 aliphatic carbocycles. The van der Waals surface area contributed by atoms with Crippen LogP contribution in [0.15, 0.2) is 18.2 Å². The van der Waals surface area contributed by atoms with Crippen LogP contribution in [0.2, 0.25) is 0 Å². The van der Waals surface area contributed by atoms with E-state index in [4.69, 9.17) is 5.11 Å². The number of carbonyl (C=O) groups is 1. The van der Waals surface area contributed by atoms with Crippen LogP contribution in [0.4, 0.5) is 8.78 Å². The lowest BCUT2D eigenvalue weighted by molar-refractivity contribution is 0.0695. The minimum atomic E-state index is -1.08. The van der Waals surface area contributed by atoms with Crippen molar-refractivity contribution in [3.63, 3.8) is 0 Å². The molecule has 0 saturated carbocycles. The van der Waals surface area contributed by atoms with Crippen LogP contribution >= 0.6 is 0 Å². The van der Waals surface area contributed by atoms with Gasteiger partial charge in [0.05, 0.1) is 18.9 Å². The first-order chi connectivity index (χ1) is 7.19. The Balaban J connectivity index is 3.03. The number of carboxylic acid groups (broad SMARTS) is 1. The van der Waals surface area contributed by atoms with E-state index < -0.39 is 19.3 Å². The normalized spacial score (nSPS) is 10.3. The molecule has 4 heteroatoms. The zero-order valence-corrected chi connectivity index (χ0v) is 8.17. The van der Waals surface area contributed by atoms with Crippen LogP contribution in [0, 0.1) is 0 Å². The third-order valence-corrected chi connectivity index (χ3v) is 2.15. The lowest BCUT2D eigenvalue weighted by Gasteiger charge is -2.06. The van der Waals surface area contributed by atoms with Crippen LogP contribution < -0.4 is 0 Å². The van der Waals surface area contributed by atoms with Crippen LogP contribution in [0.5, 0.6) is 0 Å². The molecule has 2 nitrogen and oxygen atoms in total. The second-order valence-corrected chi connectivity index (χ2v) is 3.17. The molecule has 0 aliphatic rings. The van der Waals surface area contributed by atoms with Crippen molar-refractivity contribution in [3.05, 3.63) is 34.9 Å². The van der Waals surface area contributed by atoms with Crippen molar-refractivity contribution in [1.29, 1.82) is 0 Å². The highest BCUT2D eigenvalue weighted by Crippen LogP contribution is 2.14. The molecule has 0 amide bonds.